The van der Waals surface area contributed by atoms with Crippen molar-refractivity contribution in [1.82, 2.24) is 19.0 Å². The van der Waals surface area contributed by atoms with Crippen LogP contribution in [0.5, 0.6) is 0 Å². The van der Waals surface area contributed by atoms with Crippen molar-refractivity contribution >= 4 is 39.1 Å². The van der Waals surface area contributed by atoms with Crippen molar-refractivity contribution in [1.29, 1.82) is 0 Å². The second-order valence-corrected chi connectivity index (χ2v) is 9.86. The molecule has 2 aromatic carbocycles. The Hall–Kier alpha value is -2.39. The summed E-state index contributed by atoms with van der Waals surface area (Å²) in [5, 5.41) is 4.64. The summed E-state index contributed by atoms with van der Waals surface area (Å²) in [5.74, 6) is -0.226. The predicted octanol–water partition coefficient (Wildman–Crippen LogP) is 3.63. The molecule has 0 bridgehead atoms. The Labute approximate surface area is 190 Å². The lowest BCUT2D eigenvalue weighted by Gasteiger charge is -2.33. The normalized spacial score (nSPS) is 15.3. The van der Waals surface area contributed by atoms with Crippen molar-refractivity contribution in [3.05, 3.63) is 76.0 Å². The minimum Gasteiger partial charge on any atom is -0.335 e. The SMILES string of the molecule is Cc1cc(C(=O)N2CCN(S(=O)(=O)c3cccc(Cl)c3Cl)CC2)nn1-c1ccccc1. The van der Waals surface area contributed by atoms with Crippen LogP contribution in [0.4, 0.5) is 0 Å². The maximum Gasteiger partial charge on any atom is 0.274 e. The predicted molar refractivity (Wildman–Crippen MR) is 119 cm³/mol. The number of rotatable bonds is 4. The van der Waals surface area contributed by atoms with Crippen LogP contribution in [-0.4, -0.2) is 59.5 Å². The Morgan fingerprint density at radius 1 is 0.968 bits per heavy atom. The van der Waals surface area contributed by atoms with Crippen molar-refractivity contribution < 1.29 is 13.2 Å². The van der Waals surface area contributed by atoms with Gasteiger partial charge in [0.05, 0.1) is 15.7 Å². The molecule has 7 nitrogen and oxygen atoms in total. The van der Waals surface area contributed by atoms with E-state index in [1.54, 1.807) is 21.7 Å². The van der Waals surface area contributed by atoms with Crippen LogP contribution in [0.2, 0.25) is 10.0 Å². The van der Waals surface area contributed by atoms with Gasteiger partial charge in [0.1, 0.15) is 4.90 Å². The van der Waals surface area contributed by atoms with Crippen LogP contribution in [0.15, 0.2) is 59.5 Å². The summed E-state index contributed by atoms with van der Waals surface area (Å²) in [6.07, 6.45) is 0. The van der Waals surface area contributed by atoms with Gasteiger partial charge in [-0.25, -0.2) is 13.1 Å². The fourth-order valence-electron chi connectivity index (χ4n) is 3.53. The highest BCUT2D eigenvalue weighted by Crippen LogP contribution is 2.31. The molecule has 2 heterocycles. The van der Waals surface area contributed by atoms with Gasteiger partial charge in [-0.2, -0.15) is 9.40 Å². The van der Waals surface area contributed by atoms with Crippen LogP contribution >= 0.6 is 23.2 Å². The van der Waals surface area contributed by atoms with E-state index in [1.807, 2.05) is 37.3 Å². The molecule has 31 heavy (non-hydrogen) atoms. The first-order valence-electron chi connectivity index (χ1n) is 9.64. The summed E-state index contributed by atoms with van der Waals surface area (Å²) in [4.78, 5) is 14.6. The number of halogens is 2. The summed E-state index contributed by atoms with van der Waals surface area (Å²) in [6.45, 7) is 2.72. The van der Waals surface area contributed by atoms with E-state index in [0.29, 0.717) is 5.69 Å². The van der Waals surface area contributed by atoms with Gasteiger partial charge in [-0.15, -0.1) is 0 Å². The molecule has 1 saturated heterocycles. The molecule has 1 aliphatic rings. The van der Waals surface area contributed by atoms with Crippen LogP contribution in [0, 0.1) is 6.92 Å². The lowest BCUT2D eigenvalue weighted by atomic mass is 10.3. The molecular formula is C21H20Cl2N4O3S. The summed E-state index contributed by atoms with van der Waals surface area (Å²) in [6, 6.07) is 15.8. The fourth-order valence-corrected chi connectivity index (χ4v) is 5.68. The molecule has 162 valence electrons. The van der Waals surface area contributed by atoms with Gasteiger partial charge in [-0.1, -0.05) is 47.5 Å². The van der Waals surface area contributed by atoms with E-state index in [9.17, 15) is 13.2 Å². The number of carbonyl (C=O) groups excluding carboxylic acids is 1. The van der Waals surface area contributed by atoms with Crippen LogP contribution in [0.1, 0.15) is 16.2 Å². The van der Waals surface area contributed by atoms with E-state index < -0.39 is 10.0 Å². The number of benzene rings is 2. The zero-order valence-corrected chi connectivity index (χ0v) is 19.0. The average molecular weight is 479 g/mol. The van der Waals surface area contributed by atoms with Crippen LogP contribution in [-0.2, 0) is 10.0 Å². The second kappa shape index (κ2) is 8.63. The van der Waals surface area contributed by atoms with Crippen LogP contribution in [0.3, 0.4) is 0 Å². The molecule has 0 aliphatic carbocycles. The zero-order valence-electron chi connectivity index (χ0n) is 16.7. The number of para-hydroxylation sites is 1. The molecule has 0 N–H and O–H groups in total. The third-order valence-electron chi connectivity index (χ3n) is 5.17. The minimum absolute atomic E-state index is 0.00426. The van der Waals surface area contributed by atoms with Gasteiger partial charge in [-0.3, -0.25) is 4.79 Å². The van der Waals surface area contributed by atoms with E-state index in [-0.39, 0.29) is 47.0 Å². The molecule has 1 aromatic heterocycles. The Kier molecular flexibility index (Phi) is 6.07. The largest absolute Gasteiger partial charge is 0.335 e. The molecule has 4 rings (SSSR count). The molecule has 0 saturated carbocycles. The number of aromatic nitrogens is 2. The summed E-state index contributed by atoms with van der Waals surface area (Å²) < 4.78 is 29.0. The third-order valence-corrected chi connectivity index (χ3v) is 8.04. The maximum absolute atomic E-state index is 13.0. The van der Waals surface area contributed by atoms with Gasteiger partial charge in [0, 0.05) is 31.9 Å². The van der Waals surface area contributed by atoms with E-state index in [0.717, 1.165) is 11.4 Å². The lowest BCUT2D eigenvalue weighted by molar-refractivity contribution is 0.0691. The van der Waals surface area contributed by atoms with Crippen molar-refractivity contribution in [2.24, 2.45) is 0 Å². The van der Waals surface area contributed by atoms with Gasteiger partial charge in [-0.05, 0) is 37.3 Å². The number of aryl methyl sites for hydroxylation is 1. The average Bonchev–Trinajstić information content (AvgIpc) is 3.17. The highest BCUT2D eigenvalue weighted by Gasteiger charge is 2.32. The Balaban J connectivity index is 1.48. The molecular weight excluding hydrogens is 459 g/mol. The van der Waals surface area contributed by atoms with Crippen LogP contribution in [0.25, 0.3) is 5.69 Å². The molecule has 1 aliphatic heterocycles. The first-order valence-corrected chi connectivity index (χ1v) is 11.8. The molecule has 0 radical (unpaired) electrons. The number of hydrogen-bond donors (Lipinski definition) is 0. The topological polar surface area (TPSA) is 75.5 Å². The van der Waals surface area contributed by atoms with Gasteiger partial charge in [0.2, 0.25) is 10.0 Å². The standard InChI is InChI=1S/C21H20Cl2N4O3S/c1-15-14-18(24-27(15)16-6-3-2-4-7-16)21(28)25-10-12-26(13-11-25)31(29,30)19-9-5-8-17(22)20(19)23/h2-9,14H,10-13H2,1H3. The van der Waals surface area contributed by atoms with E-state index in [2.05, 4.69) is 5.10 Å². The highest BCUT2D eigenvalue weighted by molar-refractivity contribution is 7.89. The molecule has 1 amide bonds. The maximum atomic E-state index is 13.0. The molecule has 0 atom stereocenters. The van der Waals surface area contributed by atoms with E-state index in [1.165, 1.54) is 16.4 Å². The second-order valence-electron chi connectivity index (χ2n) is 7.17. The van der Waals surface area contributed by atoms with Crippen molar-refractivity contribution in [3.63, 3.8) is 0 Å². The minimum atomic E-state index is -3.81. The van der Waals surface area contributed by atoms with Gasteiger partial charge in [0.15, 0.2) is 5.69 Å². The van der Waals surface area contributed by atoms with Crippen molar-refractivity contribution in [2.75, 3.05) is 26.2 Å². The zero-order chi connectivity index (χ0) is 22.2. The van der Waals surface area contributed by atoms with Crippen molar-refractivity contribution in [2.45, 2.75) is 11.8 Å². The Morgan fingerprint density at radius 2 is 1.65 bits per heavy atom. The molecule has 0 unspecified atom stereocenters. The van der Waals surface area contributed by atoms with Crippen LogP contribution < -0.4 is 0 Å². The smallest absolute Gasteiger partial charge is 0.274 e. The van der Waals surface area contributed by atoms with Gasteiger partial charge >= 0.3 is 0 Å². The molecule has 10 heteroatoms. The lowest BCUT2D eigenvalue weighted by Crippen LogP contribution is -2.50. The number of piperazine rings is 1. The third kappa shape index (κ3) is 4.21. The quantitative estimate of drug-likeness (QED) is 0.573. The molecule has 0 spiro atoms. The summed E-state index contributed by atoms with van der Waals surface area (Å²) in [7, 11) is -3.81. The van der Waals surface area contributed by atoms with Gasteiger partial charge in [0.25, 0.3) is 5.91 Å². The first-order chi connectivity index (χ1) is 14.8. The molecule has 1 fully saturated rings. The number of amides is 1. The Morgan fingerprint density at radius 3 is 2.32 bits per heavy atom. The number of nitrogens with zero attached hydrogens (tertiary/aromatic N) is 4. The number of carbonyl (C=O) groups is 1. The molecule has 3 aromatic rings. The fraction of sp³-hybridized carbons (Fsp3) is 0.238. The first kappa shape index (κ1) is 21.8. The Bertz CT molecular complexity index is 1220. The van der Waals surface area contributed by atoms with E-state index >= 15 is 0 Å². The monoisotopic (exact) mass is 478 g/mol. The summed E-state index contributed by atoms with van der Waals surface area (Å²) >= 11 is 12.1. The number of hydrogen-bond acceptors (Lipinski definition) is 4. The van der Waals surface area contributed by atoms with Gasteiger partial charge < -0.3 is 4.90 Å². The van der Waals surface area contributed by atoms with E-state index in [4.69, 9.17) is 23.2 Å². The number of sulfonamides is 1. The van der Waals surface area contributed by atoms with Crippen molar-refractivity contribution in [3.8, 4) is 5.69 Å². The highest BCUT2D eigenvalue weighted by atomic mass is 35.5. The summed E-state index contributed by atoms with van der Waals surface area (Å²) in [5.41, 5.74) is 2.04.